The van der Waals surface area contributed by atoms with E-state index in [2.05, 4.69) is 143 Å². The molecule has 218 valence electrons. The maximum atomic E-state index is 5.22. The van der Waals surface area contributed by atoms with Gasteiger partial charge >= 0.3 is 0 Å². The van der Waals surface area contributed by atoms with Crippen molar-refractivity contribution in [1.82, 2.24) is 9.97 Å². The van der Waals surface area contributed by atoms with Gasteiger partial charge in [0.05, 0.1) is 22.8 Å². The molecule has 4 N–H and O–H groups in total. The van der Waals surface area contributed by atoms with Crippen LogP contribution < -0.4 is 21.3 Å². The van der Waals surface area contributed by atoms with E-state index in [-0.39, 0.29) is 0 Å². The van der Waals surface area contributed by atoms with Gasteiger partial charge in [0.2, 0.25) is 0 Å². The van der Waals surface area contributed by atoms with Crippen molar-refractivity contribution in [1.29, 1.82) is 0 Å². The maximum absolute atomic E-state index is 5.22. The normalized spacial score (nSPS) is 10.7. The second-order valence-corrected chi connectivity index (χ2v) is 10.6. The topological polar surface area (TPSA) is 73.9 Å². The molecule has 0 bridgehead atoms. The summed E-state index contributed by atoms with van der Waals surface area (Å²) in [6, 6.07) is 42.1. The van der Waals surface area contributed by atoms with E-state index >= 15 is 0 Å². The molecule has 0 aliphatic heterocycles. The highest BCUT2D eigenvalue weighted by Gasteiger charge is 2.15. The summed E-state index contributed by atoms with van der Waals surface area (Å²) >= 11 is 0. The fraction of sp³-hybridized carbons (Fsp3) is 0.105. The van der Waals surface area contributed by atoms with Crippen molar-refractivity contribution < 1.29 is 0 Å². The highest BCUT2D eigenvalue weighted by Crippen LogP contribution is 2.35. The lowest BCUT2D eigenvalue weighted by Crippen LogP contribution is -1.97. The van der Waals surface area contributed by atoms with E-state index in [0.29, 0.717) is 0 Å². The third-order valence-electron chi connectivity index (χ3n) is 7.78. The van der Waals surface area contributed by atoms with E-state index in [9.17, 15) is 0 Å². The van der Waals surface area contributed by atoms with Gasteiger partial charge < -0.3 is 21.3 Å². The summed E-state index contributed by atoms with van der Waals surface area (Å²) in [6.45, 7) is 0. The van der Waals surface area contributed by atoms with Crippen LogP contribution in [0.4, 0.5) is 22.7 Å². The van der Waals surface area contributed by atoms with Gasteiger partial charge in [-0.3, -0.25) is 0 Å². The molecule has 0 fully saturated rings. The molecule has 6 heteroatoms. The van der Waals surface area contributed by atoms with Crippen LogP contribution in [0.3, 0.4) is 0 Å². The lowest BCUT2D eigenvalue weighted by Gasteiger charge is -2.14. The molecule has 2 aromatic heterocycles. The molecule has 0 aliphatic rings. The molecule has 0 atom stereocenters. The van der Waals surface area contributed by atoms with E-state index in [1.807, 2.05) is 28.2 Å². The van der Waals surface area contributed by atoms with Gasteiger partial charge in [-0.1, -0.05) is 48.5 Å². The molecule has 0 spiro atoms. The first kappa shape index (κ1) is 28.5. The summed E-state index contributed by atoms with van der Waals surface area (Å²) in [5, 5.41) is 13.0. The number of nitrogens with one attached hydrogen (secondary N) is 4. The first-order valence-corrected chi connectivity index (χ1v) is 14.7. The number of nitrogens with zero attached hydrogens (tertiary/aromatic N) is 2. The lowest BCUT2D eigenvalue weighted by atomic mass is 9.98. The van der Waals surface area contributed by atoms with E-state index in [1.54, 1.807) is 0 Å². The van der Waals surface area contributed by atoms with Gasteiger partial charge in [-0.05, 0) is 95.1 Å². The number of pyridine rings is 2. The molecule has 44 heavy (non-hydrogen) atoms. The SMILES string of the molecule is CNc1cccc(-c2cc(-c3cccc(NC)c3)nc(-c3cc(-c4cccc(NC)c4)cc(-c4cccc(NC)c4)n3)c2)c1. The average Bonchev–Trinajstić information content (AvgIpc) is 3.11. The number of hydrogen-bond donors (Lipinski definition) is 4. The number of anilines is 4. The minimum atomic E-state index is 0.805. The monoisotopic (exact) mass is 576 g/mol. The molecule has 0 saturated heterocycles. The highest BCUT2D eigenvalue weighted by atomic mass is 14.8. The second-order valence-electron chi connectivity index (χ2n) is 10.6. The van der Waals surface area contributed by atoms with E-state index in [4.69, 9.17) is 9.97 Å². The van der Waals surface area contributed by atoms with Gasteiger partial charge in [0.15, 0.2) is 0 Å². The number of aromatic nitrogens is 2. The number of hydrogen-bond acceptors (Lipinski definition) is 6. The second kappa shape index (κ2) is 12.7. The Morgan fingerprint density at radius 3 is 0.955 bits per heavy atom. The number of benzene rings is 4. The van der Waals surface area contributed by atoms with Crippen LogP contribution in [-0.2, 0) is 0 Å². The molecule has 0 amide bonds. The third-order valence-corrected chi connectivity index (χ3v) is 7.78. The standard InChI is InChI=1S/C38H36N6/c1-39-31-13-5-9-25(17-31)29-21-35(27-11-7-15-33(19-27)41-3)43-37(23-29)38-24-30(26-10-6-14-32(18-26)40-2)22-36(44-38)28-12-8-16-34(20-28)42-4/h5-24,39-42H,1-4H3. The van der Waals surface area contributed by atoms with Gasteiger partial charge in [-0.25, -0.2) is 9.97 Å². The molecule has 4 aromatic carbocycles. The quantitative estimate of drug-likeness (QED) is 0.138. The molecule has 2 heterocycles. The number of rotatable bonds is 9. The van der Waals surface area contributed by atoms with Crippen LogP contribution in [0.15, 0.2) is 121 Å². The predicted molar refractivity (Wildman–Crippen MR) is 187 cm³/mol. The molecule has 0 radical (unpaired) electrons. The Bertz CT molecular complexity index is 1660. The van der Waals surface area contributed by atoms with E-state index in [0.717, 1.165) is 78.9 Å². The van der Waals surface area contributed by atoms with Crippen LogP contribution >= 0.6 is 0 Å². The van der Waals surface area contributed by atoms with Crippen LogP contribution in [0, 0.1) is 0 Å². The van der Waals surface area contributed by atoms with Gasteiger partial charge in [0.1, 0.15) is 0 Å². The smallest absolute Gasteiger partial charge is 0.0900 e. The summed E-state index contributed by atoms with van der Waals surface area (Å²) in [5.74, 6) is 0. The molecule has 6 nitrogen and oxygen atoms in total. The fourth-order valence-electron chi connectivity index (χ4n) is 5.33. The highest BCUT2D eigenvalue weighted by molar-refractivity contribution is 5.82. The van der Waals surface area contributed by atoms with Crippen LogP contribution in [0.2, 0.25) is 0 Å². The zero-order valence-corrected chi connectivity index (χ0v) is 25.4. The zero-order chi connectivity index (χ0) is 30.5. The summed E-state index contributed by atoms with van der Waals surface area (Å²) in [5.41, 5.74) is 14.0. The Morgan fingerprint density at radius 1 is 0.318 bits per heavy atom. The van der Waals surface area contributed by atoms with Crippen LogP contribution in [-0.4, -0.2) is 38.2 Å². The largest absolute Gasteiger partial charge is 0.388 e. The Hall–Kier alpha value is -5.62. The average molecular weight is 577 g/mol. The fourth-order valence-corrected chi connectivity index (χ4v) is 5.33. The Kier molecular flexibility index (Phi) is 8.23. The van der Waals surface area contributed by atoms with Crippen molar-refractivity contribution in [3.05, 3.63) is 121 Å². The summed E-state index contributed by atoms with van der Waals surface area (Å²) in [6.07, 6.45) is 0. The first-order chi connectivity index (χ1) is 21.6. The van der Waals surface area contributed by atoms with Crippen molar-refractivity contribution in [2.24, 2.45) is 0 Å². The minimum Gasteiger partial charge on any atom is -0.388 e. The van der Waals surface area contributed by atoms with Crippen molar-refractivity contribution in [3.63, 3.8) is 0 Å². The van der Waals surface area contributed by atoms with Gasteiger partial charge in [0, 0.05) is 62.1 Å². The Balaban J connectivity index is 1.59. The lowest BCUT2D eigenvalue weighted by molar-refractivity contribution is 1.25. The van der Waals surface area contributed by atoms with E-state index in [1.165, 1.54) is 0 Å². The van der Waals surface area contributed by atoms with Crippen molar-refractivity contribution >= 4 is 22.7 Å². The Morgan fingerprint density at radius 2 is 0.614 bits per heavy atom. The summed E-state index contributed by atoms with van der Waals surface area (Å²) in [7, 11) is 7.74. The van der Waals surface area contributed by atoms with Crippen molar-refractivity contribution in [3.8, 4) is 56.2 Å². The first-order valence-electron chi connectivity index (χ1n) is 14.7. The molecule has 0 unspecified atom stereocenters. The molecule has 0 aliphatic carbocycles. The van der Waals surface area contributed by atoms with Crippen LogP contribution in [0.5, 0.6) is 0 Å². The molecule has 6 aromatic rings. The van der Waals surface area contributed by atoms with Crippen LogP contribution in [0.25, 0.3) is 56.2 Å². The van der Waals surface area contributed by atoms with Crippen LogP contribution in [0.1, 0.15) is 0 Å². The molecular weight excluding hydrogens is 540 g/mol. The molecular formula is C38H36N6. The van der Waals surface area contributed by atoms with Gasteiger partial charge in [0.25, 0.3) is 0 Å². The predicted octanol–water partition coefficient (Wildman–Crippen LogP) is 8.98. The minimum absolute atomic E-state index is 0.805. The van der Waals surface area contributed by atoms with Gasteiger partial charge in [-0.2, -0.15) is 0 Å². The zero-order valence-electron chi connectivity index (χ0n) is 25.4. The van der Waals surface area contributed by atoms with E-state index < -0.39 is 0 Å². The van der Waals surface area contributed by atoms with Crippen molar-refractivity contribution in [2.45, 2.75) is 0 Å². The third kappa shape index (κ3) is 6.10. The molecule has 0 saturated carbocycles. The summed E-state index contributed by atoms with van der Waals surface area (Å²) in [4.78, 5) is 10.4. The maximum Gasteiger partial charge on any atom is 0.0900 e. The Labute approximate surface area is 259 Å². The summed E-state index contributed by atoms with van der Waals surface area (Å²) < 4.78 is 0. The molecule has 6 rings (SSSR count). The van der Waals surface area contributed by atoms with Crippen molar-refractivity contribution in [2.75, 3.05) is 49.5 Å². The van der Waals surface area contributed by atoms with Gasteiger partial charge in [-0.15, -0.1) is 0 Å².